The summed E-state index contributed by atoms with van der Waals surface area (Å²) in [5.41, 5.74) is 0.673. The smallest absolute Gasteiger partial charge is 0.304 e. The molecule has 1 amide bonds. The van der Waals surface area contributed by atoms with Gasteiger partial charge < -0.3 is 9.83 Å². The normalized spacial score (nSPS) is 11.8. The molecule has 4 nitrogen and oxygen atoms in total. The third kappa shape index (κ3) is 3.28. The van der Waals surface area contributed by atoms with E-state index in [9.17, 15) is 9.59 Å². The van der Waals surface area contributed by atoms with E-state index in [2.05, 4.69) is 17.5 Å². The molecule has 0 aliphatic rings. The van der Waals surface area contributed by atoms with Crippen molar-refractivity contribution < 1.29 is 14.7 Å². The lowest BCUT2D eigenvalue weighted by atomic mass is 9.95. The van der Waals surface area contributed by atoms with Crippen LogP contribution in [0.5, 0.6) is 0 Å². The average molecular weight is 225 g/mol. The Morgan fingerprint density at radius 3 is 2.40 bits per heavy atom. The van der Waals surface area contributed by atoms with Crippen LogP contribution in [0.2, 0.25) is 0 Å². The highest BCUT2D eigenvalue weighted by molar-refractivity contribution is 7.78. The number of hydrogen-bond acceptors (Lipinski definition) is 3. The number of rotatable bonds is 4. The maximum atomic E-state index is 11.4. The molecule has 0 fully saturated rings. The molecule has 80 valence electrons. The SMILES string of the molecule is O=C(O)CC(C(=O)NS)c1ccccc1. The van der Waals surface area contributed by atoms with Crippen molar-refractivity contribution in [3.05, 3.63) is 35.9 Å². The van der Waals surface area contributed by atoms with Crippen molar-refractivity contribution in [2.75, 3.05) is 0 Å². The van der Waals surface area contributed by atoms with Gasteiger partial charge in [0.1, 0.15) is 0 Å². The monoisotopic (exact) mass is 225 g/mol. The Morgan fingerprint density at radius 1 is 1.33 bits per heavy atom. The summed E-state index contributed by atoms with van der Waals surface area (Å²) in [5, 5.41) is 8.68. The van der Waals surface area contributed by atoms with E-state index in [1.54, 1.807) is 30.3 Å². The highest BCUT2D eigenvalue weighted by Crippen LogP contribution is 2.19. The van der Waals surface area contributed by atoms with Crippen LogP contribution >= 0.6 is 12.8 Å². The van der Waals surface area contributed by atoms with Crippen LogP contribution in [0.15, 0.2) is 30.3 Å². The van der Waals surface area contributed by atoms with Gasteiger partial charge in [-0.05, 0) is 5.56 Å². The maximum absolute atomic E-state index is 11.4. The van der Waals surface area contributed by atoms with Crippen molar-refractivity contribution in [2.24, 2.45) is 0 Å². The van der Waals surface area contributed by atoms with Gasteiger partial charge in [0.05, 0.1) is 12.3 Å². The molecule has 0 saturated heterocycles. The second-order valence-corrected chi connectivity index (χ2v) is 3.26. The Kier molecular flexibility index (Phi) is 4.17. The van der Waals surface area contributed by atoms with Crippen LogP contribution in [0, 0.1) is 0 Å². The van der Waals surface area contributed by atoms with Crippen molar-refractivity contribution in [1.82, 2.24) is 4.72 Å². The molecule has 1 aromatic carbocycles. The van der Waals surface area contributed by atoms with Crippen molar-refractivity contribution in [1.29, 1.82) is 0 Å². The van der Waals surface area contributed by atoms with Gasteiger partial charge in [0.2, 0.25) is 5.91 Å². The fourth-order valence-corrected chi connectivity index (χ4v) is 1.46. The van der Waals surface area contributed by atoms with E-state index < -0.39 is 17.8 Å². The zero-order valence-corrected chi connectivity index (χ0v) is 8.78. The van der Waals surface area contributed by atoms with Gasteiger partial charge in [0.25, 0.3) is 0 Å². The van der Waals surface area contributed by atoms with Crippen LogP contribution in [0.1, 0.15) is 17.9 Å². The van der Waals surface area contributed by atoms with Gasteiger partial charge in [-0.3, -0.25) is 9.59 Å². The van der Waals surface area contributed by atoms with E-state index in [4.69, 9.17) is 5.11 Å². The minimum atomic E-state index is -1.01. The van der Waals surface area contributed by atoms with Gasteiger partial charge in [-0.15, -0.1) is 0 Å². The van der Waals surface area contributed by atoms with E-state index in [0.29, 0.717) is 5.56 Å². The zero-order valence-electron chi connectivity index (χ0n) is 7.88. The van der Waals surface area contributed by atoms with E-state index in [1.165, 1.54) is 0 Å². The number of carbonyl (C=O) groups is 2. The number of carboxylic acid groups (broad SMARTS) is 1. The lowest BCUT2D eigenvalue weighted by Gasteiger charge is -2.12. The molecule has 1 aromatic rings. The molecule has 15 heavy (non-hydrogen) atoms. The summed E-state index contributed by atoms with van der Waals surface area (Å²) in [4.78, 5) is 22.0. The topological polar surface area (TPSA) is 66.4 Å². The van der Waals surface area contributed by atoms with Crippen molar-refractivity contribution >= 4 is 24.7 Å². The molecule has 2 N–H and O–H groups in total. The highest BCUT2D eigenvalue weighted by atomic mass is 32.1. The molecule has 1 unspecified atom stereocenters. The van der Waals surface area contributed by atoms with Crippen molar-refractivity contribution in [3.63, 3.8) is 0 Å². The minimum absolute atomic E-state index is 0.240. The first-order valence-electron chi connectivity index (χ1n) is 4.36. The average Bonchev–Trinajstić information content (AvgIpc) is 2.26. The summed E-state index contributed by atoms with van der Waals surface area (Å²) in [7, 11) is 0. The lowest BCUT2D eigenvalue weighted by Crippen LogP contribution is -2.24. The first-order valence-corrected chi connectivity index (χ1v) is 4.80. The molecular weight excluding hydrogens is 214 g/mol. The summed E-state index contributed by atoms with van der Waals surface area (Å²) in [6, 6.07) is 8.76. The van der Waals surface area contributed by atoms with Gasteiger partial charge in [-0.1, -0.05) is 43.1 Å². The van der Waals surface area contributed by atoms with Crippen molar-refractivity contribution in [2.45, 2.75) is 12.3 Å². The summed E-state index contributed by atoms with van der Waals surface area (Å²) < 4.78 is 2.16. The largest absolute Gasteiger partial charge is 0.481 e. The summed E-state index contributed by atoms with van der Waals surface area (Å²) in [5.74, 6) is -2.12. The summed E-state index contributed by atoms with van der Waals surface area (Å²) in [6.07, 6.45) is -0.240. The maximum Gasteiger partial charge on any atom is 0.304 e. The Hall–Kier alpha value is -1.49. The molecule has 1 rings (SSSR count). The number of hydrogen-bond donors (Lipinski definition) is 3. The Morgan fingerprint density at radius 2 is 1.93 bits per heavy atom. The molecule has 1 atom stereocenters. The zero-order chi connectivity index (χ0) is 11.3. The van der Waals surface area contributed by atoms with E-state index in [1.807, 2.05) is 0 Å². The number of aliphatic carboxylic acids is 1. The number of thiol groups is 1. The van der Waals surface area contributed by atoms with E-state index >= 15 is 0 Å². The minimum Gasteiger partial charge on any atom is -0.481 e. The van der Waals surface area contributed by atoms with Gasteiger partial charge in [-0.2, -0.15) is 0 Å². The molecule has 0 heterocycles. The van der Waals surface area contributed by atoms with Crippen LogP contribution in [0.3, 0.4) is 0 Å². The van der Waals surface area contributed by atoms with E-state index in [-0.39, 0.29) is 6.42 Å². The summed E-state index contributed by atoms with van der Waals surface area (Å²) >= 11 is 3.63. The number of carbonyl (C=O) groups excluding carboxylic acids is 1. The molecule has 0 saturated carbocycles. The van der Waals surface area contributed by atoms with Gasteiger partial charge in [0, 0.05) is 0 Å². The number of benzene rings is 1. The predicted molar refractivity (Wildman–Crippen MR) is 58.6 cm³/mol. The molecular formula is C10H11NO3S. The lowest BCUT2D eigenvalue weighted by molar-refractivity contribution is -0.139. The fraction of sp³-hybridized carbons (Fsp3) is 0.200. The third-order valence-electron chi connectivity index (χ3n) is 2.01. The number of carboxylic acids is 1. The molecule has 0 aliphatic carbocycles. The Balaban J connectivity index is 2.91. The highest BCUT2D eigenvalue weighted by Gasteiger charge is 2.22. The predicted octanol–water partition coefficient (Wildman–Crippen LogP) is 1.21. The van der Waals surface area contributed by atoms with Crippen LogP contribution in [0.4, 0.5) is 0 Å². The van der Waals surface area contributed by atoms with Gasteiger partial charge in [-0.25, -0.2) is 0 Å². The van der Waals surface area contributed by atoms with Crippen LogP contribution < -0.4 is 4.72 Å². The summed E-state index contributed by atoms with van der Waals surface area (Å²) in [6.45, 7) is 0. The van der Waals surface area contributed by atoms with Crippen LogP contribution in [0.25, 0.3) is 0 Å². The first kappa shape index (κ1) is 11.6. The Labute approximate surface area is 92.8 Å². The fourth-order valence-electron chi connectivity index (χ4n) is 1.30. The molecule has 5 heteroatoms. The second-order valence-electron chi connectivity index (χ2n) is 3.04. The quantitative estimate of drug-likeness (QED) is 0.675. The number of amides is 1. The third-order valence-corrected chi connectivity index (χ3v) is 2.23. The van der Waals surface area contributed by atoms with Crippen LogP contribution in [-0.2, 0) is 9.59 Å². The number of nitrogens with one attached hydrogen (secondary N) is 1. The molecule has 0 spiro atoms. The molecule has 0 aromatic heterocycles. The van der Waals surface area contributed by atoms with Gasteiger partial charge in [0.15, 0.2) is 0 Å². The Bertz CT molecular complexity index is 353. The second kappa shape index (κ2) is 5.41. The molecule has 0 radical (unpaired) electrons. The van der Waals surface area contributed by atoms with Crippen LogP contribution in [-0.4, -0.2) is 17.0 Å². The van der Waals surface area contributed by atoms with Gasteiger partial charge >= 0.3 is 5.97 Å². The van der Waals surface area contributed by atoms with Crippen molar-refractivity contribution in [3.8, 4) is 0 Å². The standard InChI is InChI=1S/C10H11NO3S/c12-9(13)6-8(10(14)11-15)7-4-2-1-3-5-7/h1-5,8,15H,6H2,(H,11,14)(H,12,13). The first-order chi connectivity index (χ1) is 7.15. The van der Waals surface area contributed by atoms with E-state index in [0.717, 1.165) is 0 Å². The molecule has 0 bridgehead atoms. The molecule has 0 aliphatic heterocycles.